The molecule has 0 unspecified atom stereocenters. The van der Waals surface area contributed by atoms with Crippen molar-refractivity contribution in [3.05, 3.63) is 40.1 Å². The lowest BCUT2D eigenvalue weighted by molar-refractivity contribution is 0.363. The SMILES string of the molecule is COc1ncnc(OC)c1CNc1ccc(Cl)cc1Cl. The molecule has 5 nitrogen and oxygen atoms in total. The van der Waals surface area contributed by atoms with Crippen LogP contribution >= 0.6 is 23.2 Å². The first kappa shape index (κ1) is 14.7. The lowest BCUT2D eigenvalue weighted by Gasteiger charge is -2.13. The van der Waals surface area contributed by atoms with Gasteiger partial charge >= 0.3 is 0 Å². The van der Waals surface area contributed by atoms with E-state index in [1.54, 1.807) is 32.4 Å². The summed E-state index contributed by atoms with van der Waals surface area (Å²) in [6.07, 6.45) is 1.39. The van der Waals surface area contributed by atoms with Crippen LogP contribution in [0.5, 0.6) is 11.8 Å². The lowest BCUT2D eigenvalue weighted by atomic mass is 10.2. The van der Waals surface area contributed by atoms with Gasteiger partial charge in [0.1, 0.15) is 6.33 Å². The van der Waals surface area contributed by atoms with Crippen molar-refractivity contribution < 1.29 is 9.47 Å². The maximum Gasteiger partial charge on any atom is 0.225 e. The molecule has 20 heavy (non-hydrogen) atoms. The number of methoxy groups -OCH3 is 2. The third kappa shape index (κ3) is 3.23. The second kappa shape index (κ2) is 6.63. The monoisotopic (exact) mass is 313 g/mol. The second-order valence-corrected chi connectivity index (χ2v) is 4.69. The van der Waals surface area contributed by atoms with E-state index in [-0.39, 0.29) is 0 Å². The molecule has 0 saturated heterocycles. The van der Waals surface area contributed by atoms with Crippen molar-refractivity contribution in [1.29, 1.82) is 0 Å². The maximum atomic E-state index is 6.10. The van der Waals surface area contributed by atoms with Crippen molar-refractivity contribution >= 4 is 28.9 Å². The van der Waals surface area contributed by atoms with Crippen LogP contribution in [0.4, 0.5) is 5.69 Å². The zero-order chi connectivity index (χ0) is 14.5. The highest BCUT2D eigenvalue weighted by atomic mass is 35.5. The van der Waals surface area contributed by atoms with E-state index >= 15 is 0 Å². The summed E-state index contributed by atoms with van der Waals surface area (Å²) in [6, 6.07) is 5.22. The van der Waals surface area contributed by atoms with Gasteiger partial charge in [0.15, 0.2) is 0 Å². The van der Waals surface area contributed by atoms with Crippen molar-refractivity contribution in [3.8, 4) is 11.8 Å². The number of nitrogens with one attached hydrogen (secondary N) is 1. The zero-order valence-electron chi connectivity index (χ0n) is 11.0. The van der Waals surface area contributed by atoms with Crippen LogP contribution in [0.25, 0.3) is 0 Å². The van der Waals surface area contributed by atoms with Gasteiger partial charge in [-0.1, -0.05) is 23.2 Å². The summed E-state index contributed by atoms with van der Waals surface area (Å²) in [7, 11) is 3.08. The molecule has 0 aliphatic carbocycles. The Morgan fingerprint density at radius 2 is 1.75 bits per heavy atom. The van der Waals surface area contributed by atoms with E-state index in [4.69, 9.17) is 32.7 Å². The molecule has 0 atom stereocenters. The third-order valence-electron chi connectivity index (χ3n) is 2.64. The molecule has 0 aliphatic rings. The van der Waals surface area contributed by atoms with Gasteiger partial charge in [-0.2, -0.15) is 0 Å². The first-order valence-corrected chi connectivity index (χ1v) is 6.52. The van der Waals surface area contributed by atoms with Crippen molar-refractivity contribution in [3.63, 3.8) is 0 Å². The molecule has 0 spiro atoms. The van der Waals surface area contributed by atoms with Gasteiger partial charge in [0, 0.05) is 5.02 Å². The molecule has 1 aromatic heterocycles. The Morgan fingerprint density at radius 1 is 1.10 bits per heavy atom. The molecule has 1 heterocycles. The molecule has 2 aromatic rings. The van der Waals surface area contributed by atoms with Gasteiger partial charge < -0.3 is 14.8 Å². The topological polar surface area (TPSA) is 56.3 Å². The molecular weight excluding hydrogens is 301 g/mol. The van der Waals surface area contributed by atoms with Gasteiger partial charge in [0.2, 0.25) is 11.8 Å². The van der Waals surface area contributed by atoms with E-state index in [2.05, 4.69) is 15.3 Å². The summed E-state index contributed by atoms with van der Waals surface area (Å²) in [5, 5.41) is 4.29. The summed E-state index contributed by atoms with van der Waals surface area (Å²) in [6.45, 7) is 0.411. The summed E-state index contributed by atoms with van der Waals surface area (Å²) < 4.78 is 10.4. The highest BCUT2D eigenvalue weighted by Crippen LogP contribution is 2.28. The number of aromatic nitrogens is 2. The van der Waals surface area contributed by atoms with Crippen molar-refractivity contribution in [2.24, 2.45) is 0 Å². The van der Waals surface area contributed by atoms with Crippen LogP contribution in [0, 0.1) is 0 Å². The molecule has 0 amide bonds. The fourth-order valence-electron chi connectivity index (χ4n) is 1.70. The molecule has 7 heteroatoms. The quantitative estimate of drug-likeness (QED) is 0.916. The van der Waals surface area contributed by atoms with Gasteiger partial charge in [-0.25, -0.2) is 9.97 Å². The predicted octanol–water partition coefficient (Wildman–Crippen LogP) is 3.41. The zero-order valence-corrected chi connectivity index (χ0v) is 12.5. The Morgan fingerprint density at radius 3 is 2.30 bits per heavy atom. The minimum Gasteiger partial charge on any atom is -0.481 e. The Kier molecular flexibility index (Phi) is 4.87. The van der Waals surface area contributed by atoms with E-state index in [0.717, 1.165) is 5.69 Å². The summed E-state index contributed by atoms with van der Waals surface area (Å²) in [5.41, 5.74) is 1.47. The first-order chi connectivity index (χ1) is 9.65. The van der Waals surface area contributed by atoms with Crippen LogP contribution in [0.3, 0.4) is 0 Å². The normalized spacial score (nSPS) is 10.2. The van der Waals surface area contributed by atoms with E-state index in [1.807, 2.05) is 0 Å². The minimum atomic E-state index is 0.411. The number of halogens is 2. The molecule has 0 saturated carbocycles. The van der Waals surface area contributed by atoms with E-state index < -0.39 is 0 Å². The van der Waals surface area contributed by atoms with Crippen LogP contribution in [0.2, 0.25) is 10.0 Å². The molecule has 0 aliphatic heterocycles. The van der Waals surface area contributed by atoms with Gasteiger partial charge in [-0.05, 0) is 18.2 Å². The van der Waals surface area contributed by atoms with Crippen LogP contribution in [-0.4, -0.2) is 24.2 Å². The molecule has 0 bridgehead atoms. The molecule has 2 rings (SSSR count). The number of anilines is 1. The van der Waals surface area contributed by atoms with Gasteiger partial charge in [0.05, 0.1) is 37.0 Å². The number of hydrogen-bond acceptors (Lipinski definition) is 5. The standard InChI is InChI=1S/C13H13Cl2N3O2/c1-19-12-9(13(20-2)18-7-17-12)6-16-11-4-3-8(14)5-10(11)15/h3-5,7,16H,6H2,1-2H3. The van der Waals surface area contributed by atoms with Crippen molar-refractivity contribution in [1.82, 2.24) is 9.97 Å². The Balaban J connectivity index is 2.22. The number of hydrogen-bond donors (Lipinski definition) is 1. The van der Waals surface area contributed by atoms with Gasteiger partial charge in [-0.15, -0.1) is 0 Å². The molecule has 1 N–H and O–H groups in total. The predicted molar refractivity (Wildman–Crippen MR) is 78.9 cm³/mol. The molecule has 0 radical (unpaired) electrons. The molecule has 1 aromatic carbocycles. The average Bonchev–Trinajstić information content (AvgIpc) is 2.46. The molecule has 106 valence electrons. The van der Waals surface area contributed by atoms with Gasteiger partial charge in [-0.3, -0.25) is 0 Å². The van der Waals surface area contributed by atoms with Crippen LogP contribution < -0.4 is 14.8 Å². The highest BCUT2D eigenvalue weighted by molar-refractivity contribution is 6.36. The van der Waals surface area contributed by atoms with Crippen molar-refractivity contribution in [2.45, 2.75) is 6.54 Å². The maximum absolute atomic E-state index is 6.10. The van der Waals surface area contributed by atoms with Crippen LogP contribution in [0.15, 0.2) is 24.5 Å². The summed E-state index contributed by atoms with van der Waals surface area (Å²) in [4.78, 5) is 8.09. The fraction of sp³-hybridized carbons (Fsp3) is 0.231. The minimum absolute atomic E-state index is 0.411. The van der Waals surface area contributed by atoms with Gasteiger partial charge in [0.25, 0.3) is 0 Å². The van der Waals surface area contributed by atoms with Crippen LogP contribution in [-0.2, 0) is 6.54 Å². The Labute approximate surface area is 126 Å². The summed E-state index contributed by atoms with van der Waals surface area (Å²) in [5.74, 6) is 0.906. The first-order valence-electron chi connectivity index (χ1n) is 5.76. The van der Waals surface area contributed by atoms with Crippen molar-refractivity contribution in [2.75, 3.05) is 19.5 Å². The van der Waals surface area contributed by atoms with E-state index in [1.165, 1.54) is 6.33 Å². The largest absolute Gasteiger partial charge is 0.481 e. The second-order valence-electron chi connectivity index (χ2n) is 3.85. The lowest BCUT2D eigenvalue weighted by Crippen LogP contribution is -2.07. The Bertz CT molecular complexity index is 586. The smallest absolute Gasteiger partial charge is 0.225 e. The number of rotatable bonds is 5. The molecular formula is C13H13Cl2N3O2. The number of nitrogens with zero attached hydrogens (tertiary/aromatic N) is 2. The van der Waals surface area contributed by atoms with E-state index in [9.17, 15) is 0 Å². The average molecular weight is 314 g/mol. The highest BCUT2D eigenvalue weighted by Gasteiger charge is 2.13. The molecule has 0 fully saturated rings. The Hall–Kier alpha value is -1.72. The fourth-order valence-corrected chi connectivity index (χ4v) is 2.18. The third-order valence-corrected chi connectivity index (χ3v) is 3.19. The number of benzene rings is 1. The van der Waals surface area contributed by atoms with Crippen LogP contribution in [0.1, 0.15) is 5.56 Å². The number of ether oxygens (including phenoxy) is 2. The van der Waals surface area contributed by atoms with E-state index in [0.29, 0.717) is 33.9 Å². The summed E-state index contributed by atoms with van der Waals surface area (Å²) >= 11 is 12.0.